The standard InChI is InChI=1S/C18H22N2O/c1-19-11-14-9-10-16(20-12-14)13-21-18-8-4-6-15-5-2-3-7-17(15)18/h2-3,5,7,9-10,12,18-19H,4,6,8,11,13H2,1H3. The van der Waals surface area contributed by atoms with E-state index in [9.17, 15) is 0 Å². The SMILES string of the molecule is CNCc1ccc(COC2CCCc3ccccc32)nc1. The fourth-order valence-electron chi connectivity index (χ4n) is 2.92. The third-order valence-corrected chi connectivity index (χ3v) is 4.01. The lowest BCUT2D eigenvalue weighted by molar-refractivity contribution is 0.0265. The van der Waals surface area contributed by atoms with Crippen molar-refractivity contribution in [3.8, 4) is 0 Å². The van der Waals surface area contributed by atoms with Gasteiger partial charge in [0, 0.05) is 12.7 Å². The summed E-state index contributed by atoms with van der Waals surface area (Å²) in [7, 11) is 1.94. The van der Waals surface area contributed by atoms with Gasteiger partial charge in [-0.2, -0.15) is 0 Å². The smallest absolute Gasteiger partial charge is 0.0896 e. The Morgan fingerprint density at radius 3 is 2.95 bits per heavy atom. The molecule has 1 aliphatic rings. The van der Waals surface area contributed by atoms with Crippen molar-refractivity contribution in [3.63, 3.8) is 0 Å². The van der Waals surface area contributed by atoms with Gasteiger partial charge in [0.15, 0.2) is 0 Å². The lowest BCUT2D eigenvalue weighted by atomic mass is 9.89. The van der Waals surface area contributed by atoms with Crippen LogP contribution in [0.5, 0.6) is 0 Å². The highest BCUT2D eigenvalue weighted by Gasteiger charge is 2.20. The Labute approximate surface area is 126 Å². The fourth-order valence-corrected chi connectivity index (χ4v) is 2.92. The van der Waals surface area contributed by atoms with Crippen molar-refractivity contribution in [1.29, 1.82) is 0 Å². The van der Waals surface area contributed by atoms with E-state index >= 15 is 0 Å². The Morgan fingerprint density at radius 1 is 1.24 bits per heavy atom. The second-order valence-electron chi connectivity index (χ2n) is 5.58. The van der Waals surface area contributed by atoms with Crippen LogP contribution in [0.4, 0.5) is 0 Å². The zero-order valence-electron chi connectivity index (χ0n) is 12.5. The Hall–Kier alpha value is -1.71. The molecule has 0 radical (unpaired) electrons. The van der Waals surface area contributed by atoms with Crippen LogP contribution >= 0.6 is 0 Å². The van der Waals surface area contributed by atoms with Gasteiger partial charge in [-0.25, -0.2) is 0 Å². The highest BCUT2D eigenvalue weighted by molar-refractivity contribution is 5.31. The first-order valence-corrected chi connectivity index (χ1v) is 7.64. The first-order chi connectivity index (χ1) is 10.4. The van der Waals surface area contributed by atoms with E-state index in [2.05, 4.69) is 46.7 Å². The number of nitrogens with one attached hydrogen (secondary N) is 1. The molecular formula is C18H22N2O. The predicted octanol–water partition coefficient (Wildman–Crippen LogP) is 3.40. The largest absolute Gasteiger partial charge is 0.367 e. The third-order valence-electron chi connectivity index (χ3n) is 4.01. The normalized spacial score (nSPS) is 17.5. The average Bonchev–Trinajstić information content (AvgIpc) is 2.54. The van der Waals surface area contributed by atoms with Crippen LogP contribution in [0.1, 0.15) is 41.3 Å². The minimum absolute atomic E-state index is 0.216. The molecule has 1 atom stereocenters. The Kier molecular flexibility index (Phi) is 4.63. The van der Waals surface area contributed by atoms with Crippen LogP contribution in [0.2, 0.25) is 0 Å². The maximum Gasteiger partial charge on any atom is 0.0896 e. The van der Waals surface area contributed by atoms with E-state index in [-0.39, 0.29) is 6.10 Å². The Balaban J connectivity index is 1.63. The summed E-state index contributed by atoms with van der Waals surface area (Å²) in [5, 5.41) is 3.13. The summed E-state index contributed by atoms with van der Waals surface area (Å²) in [6.45, 7) is 1.43. The first-order valence-electron chi connectivity index (χ1n) is 7.64. The van der Waals surface area contributed by atoms with E-state index in [0.29, 0.717) is 6.61 Å². The first kappa shape index (κ1) is 14.2. The molecule has 1 N–H and O–H groups in total. The summed E-state index contributed by atoms with van der Waals surface area (Å²) in [6, 6.07) is 12.8. The summed E-state index contributed by atoms with van der Waals surface area (Å²) in [6.07, 6.45) is 5.62. The summed E-state index contributed by atoms with van der Waals surface area (Å²) < 4.78 is 6.12. The molecule has 1 aromatic carbocycles. The summed E-state index contributed by atoms with van der Waals surface area (Å²) in [4.78, 5) is 4.47. The molecule has 1 unspecified atom stereocenters. The van der Waals surface area contributed by atoms with Gasteiger partial charge in [0.25, 0.3) is 0 Å². The molecule has 110 valence electrons. The van der Waals surface area contributed by atoms with Crippen LogP contribution in [0.25, 0.3) is 0 Å². The van der Waals surface area contributed by atoms with E-state index in [1.54, 1.807) is 0 Å². The molecule has 1 aliphatic carbocycles. The van der Waals surface area contributed by atoms with E-state index in [0.717, 1.165) is 18.7 Å². The quantitative estimate of drug-likeness (QED) is 0.912. The zero-order valence-corrected chi connectivity index (χ0v) is 12.5. The molecule has 21 heavy (non-hydrogen) atoms. The zero-order chi connectivity index (χ0) is 14.5. The topological polar surface area (TPSA) is 34.1 Å². The minimum Gasteiger partial charge on any atom is -0.367 e. The van der Waals surface area contributed by atoms with Crippen molar-refractivity contribution >= 4 is 0 Å². The number of nitrogens with zero attached hydrogens (tertiary/aromatic N) is 1. The second kappa shape index (κ2) is 6.83. The number of aromatic nitrogens is 1. The van der Waals surface area contributed by atoms with Crippen LogP contribution in [-0.4, -0.2) is 12.0 Å². The highest BCUT2D eigenvalue weighted by Crippen LogP contribution is 2.32. The van der Waals surface area contributed by atoms with Gasteiger partial charge in [-0.05, 0) is 49.1 Å². The molecule has 0 bridgehead atoms. The van der Waals surface area contributed by atoms with Crippen LogP contribution in [-0.2, 0) is 24.3 Å². The van der Waals surface area contributed by atoms with Crippen molar-refractivity contribution < 1.29 is 4.74 Å². The van der Waals surface area contributed by atoms with Gasteiger partial charge < -0.3 is 10.1 Å². The lowest BCUT2D eigenvalue weighted by Crippen LogP contribution is -2.13. The van der Waals surface area contributed by atoms with Crippen molar-refractivity contribution in [2.24, 2.45) is 0 Å². The van der Waals surface area contributed by atoms with Gasteiger partial charge in [0.1, 0.15) is 0 Å². The molecule has 0 aliphatic heterocycles. The van der Waals surface area contributed by atoms with E-state index < -0.39 is 0 Å². The Bertz CT molecular complexity index is 580. The summed E-state index contributed by atoms with van der Waals surface area (Å²) in [5.41, 5.74) is 4.99. The average molecular weight is 282 g/mol. The van der Waals surface area contributed by atoms with Gasteiger partial charge in [-0.3, -0.25) is 4.98 Å². The van der Waals surface area contributed by atoms with Crippen LogP contribution in [0.3, 0.4) is 0 Å². The van der Waals surface area contributed by atoms with Crippen molar-refractivity contribution in [2.75, 3.05) is 7.05 Å². The minimum atomic E-state index is 0.216. The molecule has 0 saturated carbocycles. The van der Waals surface area contributed by atoms with Gasteiger partial charge in [0.2, 0.25) is 0 Å². The number of fused-ring (bicyclic) bond motifs is 1. The molecule has 3 nitrogen and oxygen atoms in total. The number of hydrogen-bond acceptors (Lipinski definition) is 3. The van der Waals surface area contributed by atoms with Crippen LogP contribution < -0.4 is 5.32 Å². The number of pyridine rings is 1. The number of ether oxygens (including phenoxy) is 1. The van der Waals surface area contributed by atoms with Gasteiger partial charge in [-0.15, -0.1) is 0 Å². The van der Waals surface area contributed by atoms with Crippen molar-refractivity contribution in [2.45, 2.75) is 38.5 Å². The van der Waals surface area contributed by atoms with Crippen molar-refractivity contribution in [1.82, 2.24) is 10.3 Å². The molecule has 1 heterocycles. The molecule has 3 rings (SSSR count). The number of hydrogen-bond donors (Lipinski definition) is 1. The molecule has 0 amide bonds. The predicted molar refractivity (Wildman–Crippen MR) is 83.9 cm³/mol. The van der Waals surface area contributed by atoms with Crippen LogP contribution in [0, 0.1) is 0 Å². The van der Waals surface area contributed by atoms with E-state index in [1.807, 2.05) is 13.2 Å². The molecule has 1 aromatic heterocycles. The van der Waals surface area contributed by atoms with Crippen molar-refractivity contribution in [3.05, 3.63) is 65.0 Å². The molecular weight excluding hydrogens is 260 g/mol. The van der Waals surface area contributed by atoms with E-state index in [1.165, 1.54) is 29.5 Å². The number of aryl methyl sites for hydroxylation is 1. The molecule has 2 aromatic rings. The molecule has 3 heteroatoms. The summed E-state index contributed by atoms with van der Waals surface area (Å²) >= 11 is 0. The molecule has 0 spiro atoms. The second-order valence-corrected chi connectivity index (χ2v) is 5.58. The van der Waals surface area contributed by atoms with Gasteiger partial charge >= 0.3 is 0 Å². The fraction of sp³-hybridized carbons (Fsp3) is 0.389. The van der Waals surface area contributed by atoms with Gasteiger partial charge in [0.05, 0.1) is 18.4 Å². The maximum absolute atomic E-state index is 6.12. The van der Waals surface area contributed by atoms with Gasteiger partial charge in [-0.1, -0.05) is 30.3 Å². The maximum atomic E-state index is 6.12. The van der Waals surface area contributed by atoms with E-state index in [4.69, 9.17) is 4.74 Å². The molecule has 0 fully saturated rings. The molecule has 0 saturated heterocycles. The summed E-state index contributed by atoms with van der Waals surface area (Å²) in [5.74, 6) is 0. The number of rotatable bonds is 5. The highest BCUT2D eigenvalue weighted by atomic mass is 16.5. The monoisotopic (exact) mass is 282 g/mol. The number of benzene rings is 1. The Morgan fingerprint density at radius 2 is 2.14 bits per heavy atom. The third kappa shape index (κ3) is 3.49. The lowest BCUT2D eigenvalue weighted by Gasteiger charge is -2.25. The van der Waals surface area contributed by atoms with Crippen LogP contribution in [0.15, 0.2) is 42.6 Å².